The number of pyridine rings is 2. The number of ether oxygens (including phenoxy) is 1. The van der Waals surface area contributed by atoms with Gasteiger partial charge in [0.05, 0.1) is 10.7 Å². The number of aliphatic hydroxyl groups is 2. The molecule has 0 aliphatic carbocycles. The number of nitrogens with zero attached hydrogens (tertiary/aromatic N) is 3. The molecule has 244 valence electrons. The number of fused-ring (bicyclic) bond motifs is 1. The normalized spacial score (nSPS) is 23.9. The van der Waals surface area contributed by atoms with E-state index in [1.165, 1.54) is 12.1 Å². The van der Waals surface area contributed by atoms with Gasteiger partial charge in [0.2, 0.25) is 5.88 Å². The molecule has 3 aromatic rings. The van der Waals surface area contributed by atoms with Gasteiger partial charge in [-0.2, -0.15) is 0 Å². The molecule has 3 atom stereocenters. The summed E-state index contributed by atoms with van der Waals surface area (Å²) in [4.78, 5) is 24.0. The van der Waals surface area contributed by atoms with Crippen molar-refractivity contribution in [1.82, 2.24) is 25.5 Å². The number of aromatic hydroxyl groups is 1. The zero-order valence-corrected chi connectivity index (χ0v) is 26.0. The van der Waals surface area contributed by atoms with Gasteiger partial charge in [0, 0.05) is 66.7 Å². The summed E-state index contributed by atoms with van der Waals surface area (Å²) in [5, 5.41) is 39.0. The number of H-pyrrole nitrogens is 1. The molecule has 45 heavy (non-hydrogen) atoms. The van der Waals surface area contributed by atoms with Crippen LogP contribution >= 0.6 is 11.6 Å². The van der Waals surface area contributed by atoms with Crippen LogP contribution in [0.2, 0.25) is 5.02 Å². The summed E-state index contributed by atoms with van der Waals surface area (Å²) in [6.07, 6.45) is 4.16. The van der Waals surface area contributed by atoms with Gasteiger partial charge in [-0.3, -0.25) is 15.1 Å². The maximum atomic E-state index is 15.6. The van der Waals surface area contributed by atoms with Crippen molar-refractivity contribution in [3.05, 3.63) is 57.2 Å². The third-order valence-electron chi connectivity index (χ3n) is 9.52. The minimum atomic E-state index is -1.16. The molecule has 0 saturated carbocycles. The van der Waals surface area contributed by atoms with E-state index in [2.05, 4.69) is 25.5 Å². The van der Waals surface area contributed by atoms with Crippen molar-refractivity contribution in [2.24, 2.45) is 5.92 Å². The van der Waals surface area contributed by atoms with Gasteiger partial charge >= 0.3 is 0 Å². The van der Waals surface area contributed by atoms with E-state index >= 15 is 4.39 Å². The van der Waals surface area contributed by atoms with Gasteiger partial charge in [-0.15, -0.1) is 0 Å². The number of halogens is 2. The molecular weight excluding hydrogens is 603 g/mol. The third-order valence-corrected chi connectivity index (χ3v) is 9.74. The van der Waals surface area contributed by atoms with Crippen LogP contribution in [-0.4, -0.2) is 94.6 Å². The Bertz CT molecular complexity index is 1510. The molecule has 6 rings (SSSR count). The van der Waals surface area contributed by atoms with Crippen molar-refractivity contribution in [3.8, 4) is 11.8 Å². The number of aliphatic hydroxyl groups excluding tert-OH is 2. The summed E-state index contributed by atoms with van der Waals surface area (Å²) in [6, 6.07) is 6.72. The predicted octanol–water partition coefficient (Wildman–Crippen LogP) is 2.87. The molecule has 5 heterocycles. The highest BCUT2D eigenvalue weighted by molar-refractivity contribution is 6.30. The molecule has 11 nitrogen and oxygen atoms in total. The van der Waals surface area contributed by atoms with Crippen molar-refractivity contribution >= 4 is 28.1 Å². The second-order valence-electron chi connectivity index (χ2n) is 12.5. The molecule has 0 spiro atoms. The summed E-state index contributed by atoms with van der Waals surface area (Å²) in [5.74, 6) is -0.420. The molecule has 0 bridgehead atoms. The van der Waals surface area contributed by atoms with Crippen LogP contribution in [0.1, 0.15) is 50.0 Å². The molecule has 0 amide bonds. The Morgan fingerprint density at radius 2 is 1.82 bits per heavy atom. The number of aromatic nitrogens is 2. The van der Waals surface area contributed by atoms with E-state index in [9.17, 15) is 20.1 Å². The summed E-state index contributed by atoms with van der Waals surface area (Å²) in [6.45, 7) is 5.58. The summed E-state index contributed by atoms with van der Waals surface area (Å²) >= 11 is 5.87. The summed E-state index contributed by atoms with van der Waals surface area (Å²) < 4.78 is 21.3. The molecule has 3 fully saturated rings. The van der Waals surface area contributed by atoms with E-state index in [-0.39, 0.29) is 11.3 Å². The fourth-order valence-corrected chi connectivity index (χ4v) is 7.25. The molecule has 1 aromatic carbocycles. The lowest BCUT2D eigenvalue weighted by molar-refractivity contribution is -0.0103. The number of piperidine rings is 3. The Kier molecular flexibility index (Phi) is 10.1. The van der Waals surface area contributed by atoms with Gasteiger partial charge in [-0.25, -0.2) is 9.37 Å². The topological polar surface area (TPSA) is 146 Å². The minimum Gasteiger partial charge on any atom is -0.494 e. The number of hydrogen-bond acceptors (Lipinski definition) is 10. The molecular formula is C32H42ClFN6O5. The van der Waals surface area contributed by atoms with Crippen LogP contribution < -0.4 is 25.8 Å². The Hall–Kier alpha value is -3.00. The Morgan fingerprint density at radius 1 is 1.04 bits per heavy atom. The number of anilines is 1. The number of benzene rings is 1. The first kappa shape index (κ1) is 32.0. The standard InChI is InChI=1S/C32H42ClFN6O5/c33-20-1-6-26(36-17-20)45-16-11-35-21-9-12-39(13-10-21)18-19-7-14-40(15-8-19)29-24(34)4-2-22-27(29)28(32(44)38-31(22)43)23-3-5-25(41)37-30(23)42/h1-2,4,6,17,19,21,23,25,30,35,37,41-42H,3,5,7-16,18H2,(H2,38,43,44). The number of rotatable bonds is 9. The molecule has 0 radical (unpaired) electrons. The number of likely N-dealkylation sites (tertiary alicyclic amines) is 1. The highest BCUT2D eigenvalue weighted by Gasteiger charge is 2.35. The van der Waals surface area contributed by atoms with Gasteiger partial charge in [-0.1, -0.05) is 11.6 Å². The minimum absolute atomic E-state index is 0.268. The molecule has 3 aliphatic heterocycles. The van der Waals surface area contributed by atoms with E-state index in [1.807, 2.05) is 4.90 Å². The lowest BCUT2D eigenvalue weighted by Crippen LogP contribution is -2.46. The van der Waals surface area contributed by atoms with Crippen molar-refractivity contribution in [2.75, 3.05) is 50.8 Å². The van der Waals surface area contributed by atoms with E-state index in [4.69, 9.17) is 16.3 Å². The molecule has 3 saturated heterocycles. The molecule has 3 unspecified atom stereocenters. The zero-order valence-electron chi connectivity index (χ0n) is 25.2. The maximum absolute atomic E-state index is 15.6. The quantitative estimate of drug-likeness (QED) is 0.192. The van der Waals surface area contributed by atoms with Gasteiger partial charge in [0.25, 0.3) is 5.56 Å². The van der Waals surface area contributed by atoms with Gasteiger partial charge in [0.15, 0.2) is 5.88 Å². The maximum Gasteiger partial charge on any atom is 0.258 e. The largest absolute Gasteiger partial charge is 0.494 e. The molecule has 6 N–H and O–H groups in total. The van der Waals surface area contributed by atoms with Crippen molar-refractivity contribution in [3.63, 3.8) is 0 Å². The Morgan fingerprint density at radius 3 is 2.53 bits per heavy atom. The number of aromatic amines is 1. The molecule has 2 aromatic heterocycles. The lowest BCUT2D eigenvalue weighted by Gasteiger charge is -2.39. The van der Waals surface area contributed by atoms with E-state index in [0.29, 0.717) is 72.0 Å². The summed E-state index contributed by atoms with van der Waals surface area (Å²) in [7, 11) is 0. The van der Waals surface area contributed by atoms with Crippen LogP contribution in [0, 0.1) is 11.7 Å². The average molecular weight is 645 g/mol. The highest BCUT2D eigenvalue weighted by Crippen LogP contribution is 2.42. The zero-order chi connectivity index (χ0) is 31.5. The van der Waals surface area contributed by atoms with Gasteiger partial charge in [0.1, 0.15) is 24.9 Å². The van der Waals surface area contributed by atoms with Crippen LogP contribution in [0.4, 0.5) is 10.1 Å². The van der Waals surface area contributed by atoms with Gasteiger partial charge in [-0.05, 0) is 75.7 Å². The van der Waals surface area contributed by atoms with E-state index in [0.717, 1.165) is 51.9 Å². The third kappa shape index (κ3) is 7.37. The first-order chi connectivity index (χ1) is 21.8. The monoisotopic (exact) mass is 644 g/mol. The van der Waals surface area contributed by atoms with Crippen molar-refractivity contribution < 1.29 is 24.4 Å². The van der Waals surface area contributed by atoms with Crippen molar-refractivity contribution in [2.45, 2.75) is 62.9 Å². The number of nitrogens with one attached hydrogen (secondary N) is 3. The second-order valence-corrected chi connectivity index (χ2v) is 12.9. The van der Waals surface area contributed by atoms with Crippen LogP contribution in [0.15, 0.2) is 35.3 Å². The second kappa shape index (κ2) is 14.2. The molecule has 13 heteroatoms. The highest BCUT2D eigenvalue weighted by atomic mass is 35.5. The average Bonchev–Trinajstić information content (AvgIpc) is 3.02. The Balaban J connectivity index is 1.04. The van der Waals surface area contributed by atoms with Crippen LogP contribution in [0.3, 0.4) is 0 Å². The van der Waals surface area contributed by atoms with E-state index < -0.39 is 29.8 Å². The predicted molar refractivity (Wildman–Crippen MR) is 170 cm³/mol. The first-order valence-electron chi connectivity index (χ1n) is 15.9. The van der Waals surface area contributed by atoms with Crippen LogP contribution in [0.5, 0.6) is 11.8 Å². The summed E-state index contributed by atoms with van der Waals surface area (Å²) in [5.41, 5.74) is 0.0888. The fourth-order valence-electron chi connectivity index (χ4n) is 7.14. The smallest absolute Gasteiger partial charge is 0.258 e. The Labute approximate surface area is 266 Å². The van der Waals surface area contributed by atoms with Crippen molar-refractivity contribution in [1.29, 1.82) is 0 Å². The molecule has 3 aliphatic rings. The lowest BCUT2D eigenvalue weighted by atomic mass is 9.85. The van der Waals surface area contributed by atoms with Crippen LogP contribution in [0.25, 0.3) is 10.8 Å². The van der Waals surface area contributed by atoms with Crippen LogP contribution in [-0.2, 0) is 0 Å². The first-order valence-corrected chi connectivity index (χ1v) is 16.3. The van der Waals surface area contributed by atoms with Gasteiger partial charge < -0.3 is 35.2 Å². The SMILES string of the molecule is O=c1[nH]c(O)c(C2CCC(O)NC2O)c2c(N3CCC(CN4CCC(NCCOc5ccc(Cl)cn5)CC4)CC3)c(F)ccc12. The van der Waals surface area contributed by atoms with E-state index in [1.54, 1.807) is 18.3 Å². The number of hydrogen-bond donors (Lipinski definition) is 6. The fraction of sp³-hybridized carbons (Fsp3) is 0.562.